The summed E-state index contributed by atoms with van der Waals surface area (Å²) < 4.78 is 15.5. The van der Waals surface area contributed by atoms with Crippen molar-refractivity contribution in [2.24, 2.45) is 5.92 Å². The first kappa shape index (κ1) is 22.0. The largest absolute Gasteiger partial charge is 0.462 e. The Bertz CT molecular complexity index is 957. The highest BCUT2D eigenvalue weighted by Gasteiger charge is 2.31. The Kier molecular flexibility index (Phi) is 6.60. The molecule has 2 aromatic heterocycles. The van der Waals surface area contributed by atoms with Crippen molar-refractivity contribution in [2.45, 2.75) is 60.0 Å². The summed E-state index contributed by atoms with van der Waals surface area (Å²) in [5.41, 5.74) is 1.98. The van der Waals surface area contributed by atoms with Crippen LogP contribution in [0.4, 0.5) is 5.00 Å². The predicted octanol–water partition coefficient (Wildman–Crippen LogP) is 3.84. The summed E-state index contributed by atoms with van der Waals surface area (Å²) in [4.78, 5) is 38.8. The topological polar surface area (TPSA) is 108 Å². The predicted molar refractivity (Wildman–Crippen MR) is 111 cm³/mol. The van der Waals surface area contributed by atoms with Crippen molar-refractivity contribution in [2.75, 3.05) is 11.9 Å². The van der Waals surface area contributed by atoms with Gasteiger partial charge in [-0.2, -0.15) is 0 Å². The molecule has 0 saturated carbocycles. The number of carbonyl (C=O) groups is 3. The van der Waals surface area contributed by atoms with Crippen molar-refractivity contribution in [3.8, 4) is 0 Å². The normalized spacial score (nSPS) is 16.5. The fraction of sp³-hybridized carbons (Fsp3) is 0.524. The molecule has 0 radical (unpaired) electrons. The number of anilines is 1. The van der Waals surface area contributed by atoms with Crippen LogP contribution in [0.25, 0.3) is 0 Å². The molecule has 2 aromatic rings. The zero-order valence-corrected chi connectivity index (χ0v) is 18.6. The van der Waals surface area contributed by atoms with Crippen LogP contribution in [0, 0.1) is 19.8 Å². The highest BCUT2D eigenvalue weighted by molar-refractivity contribution is 7.17. The van der Waals surface area contributed by atoms with Crippen molar-refractivity contribution >= 4 is 34.2 Å². The van der Waals surface area contributed by atoms with Crippen LogP contribution < -0.4 is 5.32 Å². The van der Waals surface area contributed by atoms with Crippen LogP contribution in [-0.2, 0) is 27.1 Å². The van der Waals surface area contributed by atoms with Gasteiger partial charge in [-0.1, -0.05) is 12.1 Å². The minimum atomic E-state index is -1.07. The van der Waals surface area contributed by atoms with E-state index in [2.05, 4.69) is 17.4 Å². The number of rotatable bonds is 6. The van der Waals surface area contributed by atoms with E-state index in [0.29, 0.717) is 27.9 Å². The summed E-state index contributed by atoms with van der Waals surface area (Å²) in [7, 11) is 0. The minimum Gasteiger partial charge on any atom is -0.462 e. The molecule has 0 aliphatic heterocycles. The smallest absolute Gasteiger partial charge is 0.344 e. The van der Waals surface area contributed by atoms with Gasteiger partial charge in [-0.05, 0) is 58.4 Å². The molecule has 1 N–H and O–H groups in total. The van der Waals surface area contributed by atoms with Crippen molar-refractivity contribution in [3.05, 3.63) is 33.0 Å². The Morgan fingerprint density at radius 1 is 1.27 bits per heavy atom. The molecule has 9 heteroatoms. The first-order chi connectivity index (χ1) is 14.2. The summed E-state index contributed by atoms with van der Waals surface area (Å²) in [5.74, 6) is -0.800. The van der Waals surface area contributed by atoms with E-state index >= 15 is 0 Å². The molecule has 0 fully saturated rings. The van der Waals surface area contributed by atoms with Gasteiger partial charge >= 0.3 is 11.9 Å². The van der Waals surface area contributed by atoms with Crippen LogP contribution in [0.3, 0.4) is 0 Å². The molecule has 0 aromatic carbocycles. The van der Waals surface area contributed by atoms with Gasteiger partial charge in [0.25, 0.3) is 5.91 Å². The van der Waals surface area contributed by atoms with Crippen molar-refractivity contribution in [1.29, 1.82) is 0 Å². The first-order valence-corrected chi connectivity index (χ1v) is 10.8. The van der Waals surface area contributed by atoms with E-state index in [4.69, 9.17) is 14.0 Å². The molecular weight excluding hydrogens is 408 g/mol. The number of aromatic nitrogens is 1. The van der Waals surface area contributed by atoms with Gasteiger partial charge in [0.1, 0.15) is 16.3 Å². The van der Waals surface area contributed by atoms with Gasteiger partial charge in [-0.25, -0.2) is 9.59 Å². The maximum Gasteiger partial charge on any atom is 0.344 e. The van der Waals surface area contributed by atoms with E-state index in [1.807, 2.05) is 0 Å². The molecule has 0 saturated heterocycles. The Labute approximate surface area is 178 Å². The number of thiophene rings is 1. The Morgan fingerprint density at radius 3 is 2.63 bits per heavy atom. The molecule has 1 aliphatic carbocycles. The fourth-order valence-electron chi connectivity index (χ4n) is 3.52. The number of nitrogens with one attached hydrogen (secondary N) is 1. The third-order valence-corrected chi connectivity index (χ3v) is 6.29. The standard InChI is InChI=1S/C21H26N2O6S/c1-6-27-20(25)17-14-8-7-10(2)9-15(14)30-19(17)22-18(24)13(5)28-21(26)16-11(3)23-29-12(16)4/h10,13H,6-9H2,1-5H3,(H,22,24). The maximum atomic E-state index is 12.7. The molecule has 162 valence electrons. The quantitative estimate of drug-likeness (QED) is 0.688. The summed E-state index contributed by atoms with van der Waals surface area (Å²) >= 11 is 1.39. The summed E-state index contributed by atoms with van der Waals surface area (Å²) in [6.07, 6.45) is 1.54. The molecule has 3 rings (SSSR count). The molecule has 2 heterocycles. The molecule has 0 spiro atoms. The zero-order valence-electron chi connectivity index (χ0n) is 17.8. The number of nitrogens with zero attached hydrogens (tertiary/aromatic N) is 1. The number of aryl methyl sites for hydroxylation is 2. The van der Waals surface area contributed by atoms with Crippen LogP contribution in [0.15, 0.2) is 4.52 Å². The van der Waals surface area contributed by atoms with Gasteiger partial charge < -0.3 is 19.3 Å². The summed E-state index contributed by atoms with van der Waals surface area (Å²) in [6.45, 7) is 8.86. The molecule has 2 atom stereocenters. The molecule has 2 unspecified atom stereocenters. The molecule has 8 nitrogen and oxygen atoms in total. The van der Waals surface area contributed by atoms with Gasteiger partial charge in [-0.15, -0.1) is 11.3 Å². The first-order valence-electron chi connectivity index (χ1n) is 9.99. The van der Waals surface area contributed by atoms with Gasteiger partial charge in [0.15, 0.2) is 6.10 Å². The van der Waals surface area contributed by atoms with Crippen LogP contribution >= 0.6 is 11.3 Å². The van der Waals surface area contributed by atoms with Crippen molar-refractivity contribution < 1.29 is 28.4 Å². The van der Waals surface area contributed by atoms with Crippen molar-refractivity contribution in [3.63, 3.8) is 0 Å². The minimum absolute atomic E-state index is 0.211. The van der Waals surface area contributed by atoms with E-state index in [9.17, 15) is 14.4 Å². The average Bonchev–Trinajstić information content (AvgIpc) is 3.20. The number of esters is 2. The van der Waals surface area contributed by atoms with Crippen LogP contribution in [0.5, 0.6) is 0 Å². The Hall–Kier alpha value is -2.68. The van der Waals surface area contributed by atoms with E-state index in [0.717, 1.165) is 29.7 Å². The van der Waals surface area contributed by atoms with E-state index in [-0.39, 0.29) is 12.2 Å². The van der Waals surface area contributed by atoms with E-state index in [1.54, 1.807) is 20.8 Å². The second kappa shape index (κ2) is 8.99. The third-order valence-electron chi connectivity index (χ3n) is 5.12. The highest BCUT2D eigenvalue weighted by Crippen LogP contribution is 2.40. The van der Waals surface area contributed by atoms with E-state index < -0.39 is 23.9 Å². The van der Waals surface area contributed by atoms with Crippen LogP contribution in [0.2, 0.25) is 0 Å². The number of fused-ring (bicyclic) bond motifs is 1. The lowest BCUT2D eigenvalue weighted by Gasteiger charge is -2.18. The number of carbonyl (C=O) groups excluding carboxylic acids is 3. The lowest BCUT2D eigenvalue weighted by atomic mass is 9.88. The highest BCUT2D eigenvalue weighted by atomic mass is 32.1. The van der Waals surface area contributed by atoms with Gasteiger partial charge in [0.05, 0.1) is 17.9 Å². The monoisotopic (exact) mass is 434 g/mol. The molecule has 30 heavy (non-hydrogen) atoms. The lowest BCUT2D eigenvalue weighted by Crippen LogP contribution is -2.30. The van der Waals surface area contributed by atoms with Gasteiger partial charge in [0.2, 0.25) is 0 Å². The van der Waals surface area contributed by atoms with Crippen LogP contribution in [-0.4, -0.2) is 35.7 Å². The van der Waals surface area contributed by atoms with Crippen molar-refractivity contribution in [1.82, 2.24) is 5.16 Å². The Balaban J connectivity index is 1.78. The molecule has 0 bridgehead atoms. The van der Waals surface area contributed by atoms with E-state index in [1.165, 1.54) is 18.3 Å². The maximum absolute atomic E-state index is 12.7. The SMILES string of the molecule is CCOC(=O)c1c(NC(=O)C(C)OC(=O)c2c(C)noc2C)sc2c1CCC(C)C2. The Morgan fingerprint density at radius 2 is 2.00 bits per heavy atom. The fourth-order valence-corrected chi connectivity index (χ4v) is 4.92. The molecule has 1 amide bonds. The molecule has 1 aliphatic rings. The van der Waals surface area contributed by atoms with Gasteiger partial charge in [-0.3, -0.25) is 4.79 Å². The average molecular weight is 435 g/mol. The second-order valence-corrected chi connectivity index (χ2v) is 8.62. The molecular formula is C21H26N2O6S. The lowest BCUT2D eigenvalue weighted by molar-refractivity contribution is -0.123. The number of hydrogen-bond donors (Lipinski definition) is 1. The van der Waals surface area contributed by atoms with Crippen LogP contribution in [0.1, 0.15) is 69.8 Å². The zero-order chi connectivity index (χ0) is 22.0. The second-order valence-electron chi connectivity index (χ2n) is 7.51. The third kappa shape index (κ3) is 4.40. The number of hydrogen-bond acceptors (Lipinski definition) is 8. The number of amides is 1. The summed E-state index contributed by atoms with van der Waals surface area (Å²) in [6, 6.07) is 0. The van der Waals surface area contributed by atoms with Gasteiger partial charge in [0, 0.05) is 4.88 Å². The summed E-state index contributed by atoms with van der Waals surface area (Å²) in [5, 5.41) is 6.93. The number of ether oxygens (including phenoxy) is 2.